The molecule has 0 spiro atoms. The molecule has 0 aliphatic carbocycles. The number of rotatable bonds is 2. The number of benzene rings is 1. The minimum Gasteiger partial charge on any atom is -0.393 e. The third-order valence-electron chi connectivity index (χ3n) is 3.21. The number of likely N-dealkylation sites (tertiary alicyclic amines) is 1. The van der Waals surface area contributed by atoms with E-state index in [0.29, 0.717) is 6.54 Å². The average molecular weight is 219 g/mol. The van der Waals surface area contributed by atoms with Crippen LogP contribution in [0.2, 0.25) is 0 Å². The van der Waals surface area contributed by atoms with Crippen molar-refractivity contribution in [1.82, 2.24) is 4.90 Å². The molecule has 1 saturated heterocycles. The van der Waals surface area contributed by atoms with Crippen molar-refractivity contribution in [3.8, 4) is 0 Å². The number of hydrogen-bond donors (Lipinski definition) is 1. The Balaban J connectivity index is 2.03. The lowest BCUT2D eigenvalue weighted by molar-refractivity contribution is 0.0762. The number of aliphatic hydroxyl groups is 1. The van der Waals surface area contributed by atoms with Crippen LogP contribution in [0.15, 0.2) is 30.3 Å². The molecule has 0 radical (unpaired) electrons. The Hall–Kier alpha value is -1.35. The predicted molar refractivity (Wildman–Crippen MR) is 62.1 cm³/mol. The van der Waals surface area contributed by atoms with E-state index in [1.165, 1.54) is 0 Å². The molecule has 3 heteroatoms. The van der Waals surface area contributed by atoms with Crippen LogP contribution in [0.4, 0.5) is 0 Å². The average Bonchev–Trinajstić information content (AvgIpc) is 2.78. The zero-order chi connectivity index (χ0) is 11.5. The Morgan fingerprint density at radius 3 is 2.69 bits per heavy atom. The van der Waals surface area contributed by atoms with Gasteiger partial charge in [0.1, 0.15) is 0 Å². The first kappa shape index (κ1) is 11.1. The van der Waals surface area contributed by atoms with Crippen LogP contribution in [0.5, 0.6) is 0 Å². The summed E-state index contributed by atoms with van der Waals surface area (Å²) in [4.78, 5) is 13.9. The van der Waals surface area contributed by atoms with Gasteiger partial charge in [0.2, 0.25) is 0 Å². The third-order valence-corrected chi connectivity index (χ3v) is 3.21. The quantitative estimate of drug-likeness (QED) is 0.819. The van der Waals surface area contributed by atoms with E-state index in [9.17, 15) is 9.90 Å². The normalized spacial score (nSPS) is 22.1. The first-order valence-electron chi connectivity index (χ1n) is 5.71. The van der Waals surface area contributed by atoms with Gasteiger partial charge in [-0.3, -0.25) is 4.79 Å². The number of carbonyl (C=O) groups excluding carboxylic acids is 1. The van der Waals surface area contributed by atoms with Crippen LogP contribution in [0.3, 0.4) is 0 Å². The predicted octanol–water partition coefficient (Wildman–Crippen LogP) is 1.53. The van der Waals surface area contributed by atoms with Crippen molar-refractivity contribution in [2.24, 2.45) is 5.92 Å². The lowest BCUT2D eigenvalue weighted by Gasteiger charge is -2.17. The molecule has 1 aromatic carbocycles. The highest BCUT2D eigenvalue weighted by Crippen LogP contribution is 2.21. The molecule has 1 aliphatic heterocycles. The van der Waals surface area contributed by atoms with Gasteiger partial charge in [0.05, 0.1) is 6.10 Å². The van der Waals surface area contributed by atoms with E-state index >= 15 is 0 Å². The molecule has 1 aliphatic rings. The Labute approximate surface area is 95.7 Å². The maximum Gasteiger partial charge on any atom is 0.253 e. The number of nitrogens with zero attached hydrogens (tertiary/aromatic N) is 1. The largest absolute Gasteiger partial charge is 0.393 e. The van der Waals surface area contributed by atoms with Crippen molar-refractivity contribution < 1.29 is 9.90 Å². The smallest absolute Gasteiger partial charge is 0.253 e. The number of aliphatic hydroxyl groups excluding tert-OH is 1. The molecule has 1 amide bonds. The molecule has 1 aromatic rings. The summed E-state index contributed by atoms with van der Waals surface area (Å²) >= 11 is 0. The van der Waals surface area contributed by atoms with Crippen LogP contribution in [-0.2, 0) is 0 Å². The van der Waals surface area contributed by atoms with Crippen LogP contribution < -0.4 is 0 Å². The molecule has 1 N–H and O–H groups in total. The van der Waals surface area contributed by atoms with Gasteiger partial charge in [-0.1, -0.05) is 18.2 Å². The van der Waals surface area contributed by atoms with E-state index in [4.69, 9.17) is 0 Å². The van der Waals surface area contributed by atoms with Crippen LogP contribution >= 0.6 is 0 Å². The van der Waals surface area contributed by atoms with E-state index in [1.807, 2.05) is 35.2 Å². The van der Waals surface area contributed by atoms with E-state index in [-0.39, 0.29) is 17.9 Å². The summed E-state index contributed by atoms with van der Waals surface area (Å²) in [7, 11) is 0. The fourth-order valence-corrected chi connectivity index (χ4v) is 2.13. The minimum absolute atomic E-state index is 0.0729. The van der Waals surface area contributed by atoms with Crippen molar-refractivity contribution in [3.63, 3.8) is 0 Å². The SMILES string of the molecule is CC(O)C1CCN(C(=O)c2ccccc2)C1. The van der Waals surface area contributed by atoms with Gasteiger partial charge in [-0.15, -0.1) is 0 Å². The fourth-order valence-electron chi connectivity index (χ4n) is 2.13. The van der Waals surface area contributed by atoms with Gasteiger partial charge in [0, 0.05) is 24.6 Å². The lowest BCUT2D eigenvalue weighted by Crippen LogP contribution is -2.30. The molecule has 0 saturated carbocycles. The highest BCUT2D eigenvalue weighted by atomic mass is 16.3. The topological polar surface area (TPSA) is 40.5 Å². The van der Waals surface area contributed by atoms with E-state index in [0.717, 1.165) is 18.5 Å². The monoisotopic (exact) mass is 219 g/mol. The zero-order valence-electron chi connectivity index (χ0n) is 9.47. The van der Waals surface area contributed by atoms with Gasteiger partial charge >= 0.3 is 0 Å². The van der Waals surface area contributed by atoms with Crippen LogP contribution in [-0.4, -0.2) is 35.1 Å². The van der Waals surface area contributed by atoms with Crippen molar-refractivity contribution >= 4 is 5.91 Å². The number of amides is 1. The van der Waals surface area contributed by atoms with Gasteiger partial charge in [0.15, 0.2) is 0 Å². The molecule has 0 bridgehead atoms. The number of carbonyl (C=O) groups is 1. The molecule has 0 aromatic heterocycles. The third kappa shape index (κ3) is 2.25. The maximum absolute atomic E-state index is 12.1. The first-order chi connectivity index (χ1) is 7.68. The van der Waals surface area contributed by atoms with E-state index < -0.39 is 0 Å². The van der Waals surface area contributed by atoms with Gasteiger partial charge in [-0.25, -0.2) is 0 Å². The van der Waals surface area contributed by atoms with Gasteiger partial charge < -0.3 is 10.0 Å². The second-order valence-corrected chi connectivity index (χ2v) is 4.41. The molecule has 2 rings (SSSR count). The van der Waals surface area contributed by atoms with Crippen LogP contribution in [0.1, 0.15) is 23.7 Å². The molecule has 16 heavy (non-hydrogen) atoms. The fraction of sp³-hybridized carbons (Fsp3) is 0.462. The first-order valence-corrected chi connectivity index (χ1v) is 5.71. The summed E-state index contributed by atoms with van der Waals surface area (Å²) in [5.41, 5.74) is 0.730. The summed E-state index contributed by atoms with van der Waals surface area (Å²) in [5, 5.41) is 9.48. The molecule has 2 atom stereocenters. The molecule has 1 fully saturated rings. The van der Waals surface area contributed by atoms with Crippen molar-refractivity contribution in [2.75, 3.05) is 13.1 Å². The Morgan fingerprint density at radius 2 is 2.12 bits per heavy atom. The van der Waals surface area contributed by atoms with E-state index in [1.54, 1.807) is 6.92 Å². The maximum atomic E-state index is 12.1. The second kappa shape index (κ2) is 4.66. The lowest BCUT2D eigenvalue weighted by atomic mass is 10.0. The molecule has 3 nitrogen and oxygen atoms in total. The Kier molecular flexibility index (Phi) is 3.25. The Morgan fingerprint density at radius 1 is 1.44 bits per heavy atom. The van der Waals surface area contributed by atoms with Crippen LogP contribution in [0, 0.1) is 5.92 Å². The summed E-state index contributed by atoms with van der Waals surface area (Å²) in [5.74, 6) is 0.302. The Bertz CT molecular complexity index is 361. The molecular formula is C13H17NO2. The van der Waals surface area contributed by atoms with Gasteiger partial charge in [-0.2, -0.15) is 0 Å². The highest BCUT2D eigenvalue weighted by Gasteiger charge is 2.29. The summed E-state index contributed by atoms with van der Waals surface area (Å²) in [6.45, 7) is 3.22. The molecule has 2 unspecified atom stereocenters. The van der Waals surface area contributed by atoms with Crippen molar-refractivity contribution in [2.45, 2.75) is 19.4 Å². The standard InChI is InChI=1S/C13H17NO2/c1-10(15)12-7-8-14(9-12)13(16)11-5-3-2-4-6-11/h2-6,10,12,15H,7-9H2,1H3. The summed E-state index contributed by atoms with van der Waals surface area (Å²) in [6, 6.07) is 9.31. The minimum atomic E-state index is -0.325. The molecular weight excluding hydrogens is 202 g/mol. The van der Waals surface area contributed by atoms with Gasteiger partial charge in [0.25, 0.3) is 5.91 Å². The summed E-state index contributed by atoms with van der Waals surface area (Å²) < 4.78 is 0. The van der Waals surface area contributed by atoms with Crippen molar-refractivity contribution in [3.05, 3.63) is 35.9 Å². The van der Waals surface area contributed by atoms with Crippen LogP contribution in [0.25, 0.3) is 0 Å². The molecule has 86 valence electrons. The molecule has 1 heterocycles. The van der Waals surface area contributed by atoms with Crippen molar-refractivity contribution in [1.29, 1.82) is 0 Å². The number of hydrogen-bond acceptors (Lipinski definition) is 2. The van der Waals surface area contributed by atoms with Gasteiger partial charge in [-0.05, 0) is 25.5 Å². The second-order valence-electron chi connectivity index (χ2n) is 4.41. The van der Waals surface area contributed by atoms with E-state index in [2.05, 4.69) is 0 Å². The summed E-state index contributed by atoms with van der Waals surface area (Å²) in [6.07, 6.45) is 0.574. The zero-order valence-corrected chi connectivity index (χ0v) is 9.47. The highest BCUT2D eigenvalue weighted by molar-refractivity contribution is 5.94.